The zero-order chi connectivity index (χ0) is 18.0. The van der Waals surface area contributed by atoms with Gasteiger partial charge in [0, 0.05) is 18.3 Å². The number of esters is 1. The summed E-state index contributed by atoms with van der Waals surface area (Å²) in [6.07, 6.45) is 3.56. The second-order valence-corrected chi connectivity index (χ2v) is 6.30. The average Bonchev–Trinajstić information content (AvgIpc) is 3.15. The zero-order valence-corrected chi connectivity index (χ0v) is 14.2. The number of piperidine rings is 1. The first-order valence-corrected chi connectivity index (χ1v) is 8.18. The predicted molar refractivity (Wildman–Crippen MR) is 91.6 cm³/mol. The molecule has 0 N–H and O–H groups in total. The van der Waals surface area contributed by atoms with Gasteiger partial charge in [-0.05, 0) is 43.0 Å². The standard InChI is InChI=1S/C18H20N2O5/c1-12-7-8-19(16(10-12)17-4-3-9-25-17)13-5-6-15(20(22)23)14(11-13)18(21)24-2/h3-6,9,11-12,16H,7-8,10H2,1-2H3. The van der Waals surface area contributed by atoms with E-state index in [1.165, 1.54) is 19.2 Å². The number of anilines is 1. The number of furan rings is 1. The lowest BCUT2D eigenvalue weighted by Gasteiger charge is -2.39. The third-order valence-electron chi connectivity index (χ3n) is 4.65. The van der Waals surface area contributed by atoms with Crippen molar-refractivity contribution < 1.29 is 18.9 Å². The maximum Gasteiger partial charge on any atom is 0.344 e. The lowest BCUT2D eigenvalue weighted by atomic mass is 9.90. The summed E-state index contributed by atoms with van der Waals surface area (Å²) in [7, 11) is 1.22. The second-order valence-electron chi connectivity index (χ2n) is 6.30. The van der Waals surface area contributed by atoms with Gasteiger partial charge in [0.05, 0.1) is 24.3 Å². The van der Waals surface area contributed by atoms with Crippen LogP contribution in [0.4, 0.5) is 11.4 Å². The van der Waals surface area contributed by atoms with Crippen molar-refractivity contribution in [1.82, 2.24) is 0 Å². The number of carbonyl (C=O) groups is 1. The Morgan fingerprint density at radius 2 is 2.20 bits per heavy atom. The molecule has 0 aliphatic carbocycles. The number of hydrogen-bond acceptors (Lipinski definition) is 6. The van der Waals surface area contributed by atoms with Gasteiger partial charge in [0.2, 0.25) is 0 Å². The van der Waals surface area contributed by atoms with Crippen LogP contribution in [-0.2, 0) is 4.74 Å². The van der Waals surface area contributed by atoms with Crippen molar-refractivity contribution in [1.29, 1.82) is 0 Å². The Morgan fingerprint density at radius 1 is 1.40 bits per heavy atom. The van der Waals surface area contributed by atoms with Gasteiger partial charge in [-0.3, -0.25) is 10.1 Å². The number of nitro benzene ring substituents is 1. The molecule has 7 nitrogen and oxygen atoms in total. The Hall–Kier alpha value is -2.83. The van der Waals surface area contributed by atoms with E-state index < -0.39 is 10.9 Å². The quantitative estimate of drug-likeness (QED) is 0.474. The minimum Gasteiger partial charge on any atom is -0.467 e. The highest BCUT2D eigenvalue weighted by molar-refractivity contribution is 5.95. The number of hydrogen-bond donors (Lipinski definition) is 0. The van der Waals surface area contributed by atoms with Crippen LogP contribution in [0.1, 0.15) is 41.9 Å². The van der Waals surface area contributed by atoms with Gasteiger partial charge in [-0.1, -0.05) is 6.92 Å². The number of methoxy groups -OCH3 is 1. The van der Waals surface area contributed by atoms with Crippen LogP contribution in [0.15, 0.2) is 41.0 Å². The van der Waals surface area contributed by atoms with Crippen molar-refractivity contribution in [3.05, 3.63) is 58.0 Å². The van der Waals surface area contributed by atoms with E-state index in [4.69, 9.17) is 9.15 Å². The van der Waals surface area contributed by atoms with Crippen molar-refractivity contribution in [2.75, 3.05) is 18.6 Å². The van der Waals surface area contributed by atoms with E-state index in [0.29, 0.717) is 5.92 Å². The average molecular weight is 344 g/mol. The largest absolute Gasteiger partial charge is 0.467 e. The molecule has 2 atom stereocenters. The van der Waals surface area contributed by atoms with E-state index in [1.54, 1.807) is 12.3 Å². The zero-order valence-electron chi connectivity index (χ0n) is 14.2. The minimum absolute atomic E-state index is 0.0331. The highest BCUT2D eigenvalue weighted by Crippen LogP contribution is 2.39. The summed E-state index contributed by atoms with van der Waals surface area (Å²) in [5.41, 5.74) is 0.455. The van der Waals surface area contributed by atoms with Gasteiger partial charge in [-0.25, -0.2) is 4.79 Å². The van der Waals surface area contributed by atoms with Crippen molar-refractivity contribution in [2.24, 2.45) is 5.92 Å². The number of benzene rings is 1. The van der Waals surface area contributed by atoms with Crippen molar-refractivity contribution in [3.63, 3.8) is 0 Å². The minimum atomic E-state index is -0.714. The van der Waals surface area contributed by atoms with Crippen LogP contribution in [0.25, 0.3) is 0 Å². The van der Waals surface area contributed by atoms with Gasteiger partial charge in [-0.15, -0.1) is 0 Å². The number of rotatable bonds is 4. The number of nitro groups is 1. The van der Waals surface area contributed by atoms with Crippen LogP contribution in [0.5, 0.6) is 0 Å². The van der Waals surface area contributed by atoms with Gasteiger partial charge in [0.15, 0.2) is 0 Å². The van der Waals surface area contributed by atoms with E-state index in [2.05, 4.69) is 11.8 Å². The van der Waals surface area contributed by atoms with E-state index in [9.17, 15) is 14.9 Å². The van der Waals surface area contributed by atoms with Gasteiger partial charge < -0.3 is 14.1 Å². The first-order valence-electron chi connectivity index (χ1n) is 8.18. The molecule has 0 spiro atoms. The Morgan fingerprint density at radius 3 is 2.84 bits per heavy atom. The summed E-state index contributed by atoms with van der Waals surface area (Å²) in [6.45, 7) is 2.98. The molecular formula is C18H20N2O5. The third-order valence-corrected chi connectivity index (χ3v) is 4.65. The normalized spacial score (nSPS) is 20.3. The highest BCUT2D eigenvalue weighted by atomic mass is 16.6. The van der Waals surface area contributed by atoms with Crippen LogP contribution < -0.4 is 4.90 Å². The SMILES string of the molecule is COC(=O)c1cc(N2CCC(C)CC2c2ccco2)ccc1[N+](=O)[O-]. The van der Waals surface area contributed by atoms with Crippen molar-refractivity contribution >= 4 is 17.3 Å². The lowest BCUT2D eigenvalue weighted by molar-refractivity contribution is -0.385. The fourth-order valence-electron chi connectivity index (χ4n) is 3.34. The monoisotopic (exact) mass is 344 g/mol. The Kier molecular flexibility index (Phi) is 4.74. The molecule has 2 unspecified atom stereocenters. The maximum absolute atomic E-state index is 12.0. The molecule has 3 rings (SSSR count). The summed E-state index contributed by atoms with van der Waals surface area (Å²) < 4.78 is 10.3. The van der Waals surface area contributed by atoms with Gasteiger partial charge in [-0.2, -0.15) is 0 Å². The van der Waals surface area contributed by atoms with Crippen LogP contribution in [-0.4, -0.2) is 24.5 Å². The fourth-order valence-corrected chi connectivity index (χ4v) is 3.34. The van der Waals surface area contributed by atoms with E-state index in [-0.39, 0.29) is 17.3 Å². The molecule has 0 bridgehead atoms. The molecule has 132 valence electrons. The molecule has 0 radical (unpaired) electrons. The molecule has 1 aromatic carbocycles. The van der Waals surface area contributed by atoms with E-state index >= 15 is 0 Å². The Bertz CT molecular complexity index is 772. The third kappa shape index (κ3) is 3.35. The number of ether oxygens (including phenoxy) is 1. The molecule has 7 heteroatoms. The summed E-state index contributed by atoms with van der Waals surface area (Å²) in [5, 5.41) is 11.2. The number of nitrogens with zero attached hydrogens (tertiary/aromatic N) is 2. The molecule has 1 saturated heterocycles. The maximum atomic E-state index is 12.0. The molecule has 1 aromatic heterocycles. The molecular weight excluding hydrogens is 324 g/mol. The lowest BCUT2D eigenvalue weighted by Crippen LogP contribution is -2.36. The molecule has 1 aliphatic rings. The summed E-state index contributed by atoms with van der Waals surface area (Å²) >= 11 is 0. The van der Waals surface area contributed by atoms with Crippen molar-refractivity contribution in [3.8, 4) is 0 Å². The highest BCUT2D eigenvalue weighted by Gasteiger charge is 2.31. The first kappa shape index (κ1) is 17.0. The van der Waals surface area contributed by atoms with Crippen LogP contribution in [0.3, 0.4) is 0 Å². The molecule has 0 saturated carbocycles. The Balaban J connectivity index is 2.01. The summed E-state index contributed by atoms with van der Waals surface area (Å²) in [6, 6.07) is 8.39. The molecule has 25 heavy (non-hydrogen) atoms. The van der Waals surface area contributed by atoms with Crippen LogP contribution in [0, 0.1) is 16.0 Å². The van der Waals surface area contributed by atoms with Crippen LogP contribution in [0.2, 0.25) is 0 Å². The molecule has 0 amide bonds. The second kappa shape index (κ2) is 6.96. The van der Waals surface area contributed by atoms with E-state index in [0.717, 1.165) is 30.8 Å². The number of carbonyl (C=O) groups excluding carboxylic acids is 1. The van der Waals surface area contributed by atoms with Crippen molar-refractivity contribution in [2.45, 2.75) is 25.8 Å². The van der Waals surface area contributed by atoms with Gasteiger partial charge >= 0.3 is 5.97 Å². The Labute approximate surface area is 145 Å². The summed E-state index contributed by atoms with van der Waals surface area (Å²) in [4.78, 5) is 24.7. The van der Waals surface area contributed by atoms with Crippen LogP contribution >= 0.6 is 0 Å². The van der Waals surface area contributed by atoms with Gasteiger partial charge in [0.1, 0.15) is 11.3 Å². The summed E-state index contributed by atoms with van der Waals surface area (Å²) in [5.74, 6) is 0.683. The fraction of sp³-hybridized carbons (Fsp3) is 0.389. The van der Waals surface area contributed by atoms with Gasteiger partial charge in [0.25, 0.3) is 5.69 Å². The molecule has 1 aliphatic heterocycles. The predicted octanol–water partition coefficient (Wildman–Crippen LogP) is 3.95. The topological polar surface area (TPSA) is 85.8 Å². The molecule has 2 heterocycles. The molecule has 1 fully saturated rings. The smallest absolute Gasteiger partial charge is 0.344 e. The van der Waals surface area contributed by atoms with E-state index in [1.807, 2.05) is 12.1 Å². The molecule has 2 aromatic rings. The first-order chi connectivity index (χ1) is 12.0.